The maximum Gasteiger partial charge on any atom is 0.270 e. The maximum absolute atomic E-state index is 14.7. The van der Waals surface area contributed by atoms with Gasteiger partial charge in [-0.05, 0) is 153 Å². The molecule has 82 heavy (non-hydrogen) atoms. The molecular formula is C67H73N5O10. The summed E-state index contributed by atoms with van der Waals surface area (Å²) >= 11 is 0. The van der Waals surface area contributed by atoms with Crippen molar-refractivity contribution in [1.29, 1.82) is 0 Å². The number of para-hydroxylation sites is 2. The molecule has 2 aliphatic heterocycles. The van der Waals surface area contributed by atoms with Crippen molar-refractivity contribution in [3.63, 3.8) is 0 Å². The molecule has 1 aromatic heterocycles. The fourth-order valence-electron chi connectivity index (χ4n) is 10.5. The SMILES string of the molecule is CCCOc1c2cccc1Cc1cc3cc(c1OCCC)Cc1cccc(c1OCCC)Cc1cc(cc(c1OCCC)C2)CNC(=O)[C@H](Cc1ccc(O)cc1)NC(=O)c1cccc(n1)C(=O)N[C@@H](Cc1ccc(O)cc1)C(=O)NC3. The monoisotopic (exact) mass is 1110 g/mol. The molecular weight excluding hydrogens is 1030 g/mol. The number of aromatic hydroxyl groups is 2. The van der Waals surface area contributed by atoms with E-state index in [-0.39, 0.29) is 48.8 Å². The van der Waals surface area contributed by atoms with Crippen molar-refractivity contribution in [1.82, 2.24) is 26.3 Å². The molecule has 15 nitrogen and oxygen atoms in total. The number of nitrogens with one attached hydrogen (secondary N) is 4. The van der Waals surface area contributed by atoms with E-state index in [1.54, 1.807) is 24.3 Å². The Balaban J connectivity index is 1.26. The Kier molecular flexibility index (Phi) is 19.4. The first-order chi connectivity index (χ1) is 39.9. The number of pyridine rings is 1. The van der Waals surface area contributed by atoms with E-state index in [9.17, 15) is 29.4 Å². The lowest BCUT2D eigenvalue weighted by molar-refractivity contribution is -0.123. The second-order valence-electron chi connectivity index (χ2n) is 21.0. The van der Waals surface area contributed by atoms with Crippen molar-refractivity contribution in [3.05, 3.63) is 206 Å². The van der Waals surface area contributed by atoms with E-state index >= 15 is 0 Å². The molecule has 0 saturated heterocycles. The summed E-state index contributed by atoms with van der Waals surface area (Å²) < 4.78 is 27.2. The van der Waals surface area contributed by atoms with Crippen LogP contribution in [-0.2, 0) is 61.2 Å². The topological polar surface area (TPSA) is 207 Å². The maximum atomic E-state index is 14.7. The van der Waals surface area contributed by atoms with Crippen LogP contribution >= 0.6 is 0 Å². The van der Waals surface area contributed by atoms with E-state index in [1.165, 1.54) is 42.5 Å². The first-order valence-electron chi connectivity index (χ1n) is 28.6. The van der Waals surface area contributed by atoms with Crippen LogP contribution in [0.2, 0.25) is 0 Å². The highest BCUT2D eigenvalue weighted by Crippen LogP contribution is 2.40. The van der Waals surface area contributed by atoms with Gasteiger partial charge in [-0.2, -0.15) is 0 Å². The molecule has 15 heteroatoms. The summed E-state index contributed by atoms with van der Waals surface area (Å²) in [5.74, 6) is 0.692. The van der Waals surface area contributed by atoms with Gasteiger partial charge in [0, 0.05) is 51.6 Å². The summed E-state index contributed by atoms with van der Waals surface area (Å²) in [7, 11) is 0. The van der Waals surface area contributed by atoms with Gasteiger partial charge in [0.2, 0.25) is 11.8 Å². The molecule has 0 spiro atoms. The minimum Gasteiger partial charge on any atom is -0.508 e. The quantitative estimate of drug-likeness (QED) is 0.0537. The smallest absolute Gasteiger partial charge is 0.270 e. The molecule has 6 aromatic carbocycles. The third-order valence-electron chi connectivity index (χ3n) is 14.4. The van der Waals surface area contributed by atoms with Gasteiger partial charge in [0.05, 0.1) is 26.4 Å². The lowest BCUT2D eigenvalue weighted by atomic mass is 9.89. The molecule has 1 aliphatic carbocycles. The highest BCUT2D eigenvalue weighted by atomic mass is 16.5. The molecule has 0 radical (unpaired) electrons. The number of nitrogens with zero attached hydrogens (tertiary/aromatic N) is 1. The molecule has 7 aromatic rings. The number of fused-ring (bicyclic) bond motifs is 10. The van der Waals surface area contributed by atoms with Gasteiger partial charge in [-0.3, -0.25) is 19.2 Å². The predicted molar refractivity (Wildman–Crippen MR) is 314 cm³/mol. The Labute approximate surface area is 479 Å². The van der Waals surface area contributed by atoms with Crippen LogP contribution in [0.15, 0.2) is 127 Å². The zero-order chi connectivity index (χ0) is 57.5. The van der Waals surface area contributed by atoms with Crippen molar-refractivity contribution in [2.24, 2.45) is 0 Å². The van der Waals surface area contributed by atoms with Crippen LogP contribution in [-0.4, -0.2) is 77.3 Å². The minimum atomic E-state index is -1.14. The van der Waals surface area contributed by atoms with Gasteiger partial charge in [0.15, 0.2) is 0 Å². The molecule has 4 amide bonds. The number of hydrogen-bond acceptors (Lipinski definition) is 11. The summed E-state index contributed by atoms with van der Waals surface area (Å²) in [5.41, 5.74) is 10.0. The molecule has 0 saturated carbocycles. The number of hydrogen-bond donors (Lipinski definition) is 6. The van der Waals surface area contributed by atoms with Crippen molar-refractivity contribution >= 4 is 23.6 Å². The molecule has 10 rings (SSSR count). The predicted octanol–water partition coefficient (Wildman–Crippen LogP) is 9.95. The van der Waals surface area contributed by atoms with E-state index in [4.69, 9.17) is 18.9 Å². The summed E-state index contributed by atoms with van der Waals surface area (Å²) in [5, 5.41) is 32.3. The van der Waals surface area contributed by atoms with Crippen molar-refractivity contribution in [2.45, 2.75) is 117 Å². The van der Waals surface area contributed by atoms with E-state index in [0.717, 1.165) is 104 Å². The standard InChI is InChI=1S/C67H73N5O10/c1-5-26-79-60-46-12-9-13-47(60)37-51-31-45-33-53(63(51)82-29-8-4)39-49-15-10-14-48(61(49)80-27-6-2)38-52-32-44(30-50(36-46)62(52)81-28-7-3)40-68-64(75)58(34-42-18-22-54(73)23-19-42)71-66(77)56-16-11-17-57(70-56)67(78)72-59(65(76)69-41-45)35-43-20-24-55(74)25-21-43/h9-25,30-33,58-59,73-74H,5-8,26-29,34-41H2,1-4H3,(H,68,75)(H,69,76)(H,71,77)(H,72,78)/t58-,59-/m0/s1. The summed E-state index contributed by atoms with van der Waals surface area (Å²) in [4.78, 5) is 62.5. The van der Waals surface area contributed by atoms with Crippen LogP contribution in [0, 0.1) is 0 Å². The van der Waals surface area contributed by atoms with E-state index in [1.807, 2.05) is 0 Å². The van der Waals surface area contributed by atoms with Gasteiger partial charge in [0.25, 0.3) is 11.8 Å². The van der Waals surface area contributed by atoms with Crippen LogP contribution in [0.5, 0.6) is 34.5 Å². The van der Waals surface area contributed by atoms with Crippen molar-refractivity contribution in [3.8, 4) is 34.5 Å². The molecule has 12 bridgehead atoms. The Bertz CT molecular complexity index is 3090. The lowest BCUT2D eigenvalue weighted by Gasteiger charge is -2.24. The highest BCUT2D eigenvalue weighted by molar-refractivity contribution is 5.99. The molecule has 0 fully saturated rings. The van der Waals surface area contributed by atoms with E-state index < -0.39 is 35.7 Å². The summed E-state index contributed by atoms with van der Waals surface area (Å²) in [6.45, 7) is 10.4. The molecule has 3 aliphatic rings. The molecule has 2 atom stereocenters. The van der Waals surface area contributed by atoms with Crippen molar-refractivity contribution in [2.75, 3.05) is 26.4 Å². The average molecular weight is 1110 g/mol. The summed E-state index contributed by atoms with van der Waals surface area (Å²) in [6.07, 6.45) is 4.87. The van der Waals surface area contributed by atoms with Gasteiger partial charge in [0.1, 0.15) is 58.0 Å². The Hall–Kier alpha value is -8.85. The third kappa shape index (κ3) is 14.5. The number of rotatable bonds is 16. The second-order valence-corrected chi connectivity index (χ2v) is 21.0. The molecule has 426 valence electrons. The fraction of sp³-hybridized carbons (Fsp3) is 0.328. The van der Waals surface area contributed by atoms with Crippen molar-refractivity contribution < 1.29 is 48.3 Å². The molecule has 0 unspecified atom stereocenters. The zero-order valence-electron chi connectivity index (χ0n) is 47.2. The largest absolute Gasteiger partial charge is 0.508 e. The number of carbonyl (C=O) groups excluding carboxylic acids is 4. The van der Waals surface area contributed by atoms with Gasteiger partial charge in [-0.15, -0.1) is 0 Å². The summed E-state index contributed by atoms with van der Waals surface area (Å²) in [6, 6.07) is 35.7. The van der Waals surface area contributed by atoms with E-state index in [0.29, 0.717) is 63.2 Å². The third-order valence-corrected chi connectivity index (χ3v) is 14.4. The van der Waals surface area contributed by atoms with Gasteiger partial charge in [-0.25, -0.2) is 4.98 Å². The minimum absolute atomic E-state index is 0.0472. The molecule has 6 N–H and O–H groups in total. The number of phenolic OH excluding ortho intramolecular Hbond substituents is 2. The number of carbonyl (C=O) groups is 4. The Morgan fingerprint density at radius 3 is 1.05 bits per heavy atom. The second kappa shape index (κ2) is 27.5. The number of benzene rings is 6. The first-order valence-corrected chi connectivity index (χ1v) is 28.6. The zero-order valence-corrected chi connectivity index (χ0v) is 47.2. The number of phenols is 2. The van der Waals surface area contributed by atoms with Crippen LogP contribution < -0.4 is 40.2 Å². The van der Waals surface area contributed by atoms with Gasteiger partial charge >= 0.3 is 0 Å². The van der Waals surface area contributed by atoms with Gasteiger partial charge < -0.3 is 50.4 Å². The average Bonchev–Trinajstić information content (AvgIpc) is 3.60. The number of ether oxygens (including phenoxy) is 4. The number of aromatic nitrogens is 1. The van der Waals surface area contributed by atoms with Crippen LogP contribution in [0.25, 0.3) is 0 Å². The normalized spacial score (nSPS) is 15.6. The van der Waals surface area contributed by atoms with Crippen LogP contribution in [0.1, 0.15) is 141 Å². The molecule has 3 heterocycles. The Morgan fingerprint density at radius 2 is 0.732 bits per heavy atom. The van der Waals surface area contributed by atoms with E-state index in [2.05, 4.69) is 115 Å². The van der Waals surface area contributed by atoms with Crippen LogP contribution in [0.4, 0.5) is 0 Å². The first kappa shape index (κ1) is 57.8. The van der Waals surface area contributed by atoms with Gasteiger partial charge in [-0.1, -0.05) is 94.4 Å². The lowest BCUT2D eigenvalue weighted by Crippen LogP contribution is -2.48. The van der Waals surface area contributed by atoms with Crippen LogP contribution in [0.3, 0.4) is 0 Å². The fourth-order valence-corrected chi connectivity index (χ4v) is 10.5. The highest BCUT2D eigenvalue weighted by Gasteiger charge is 2.28. The number of amides is 4. The Morgan fingerprint density at radius 1 is 0.427 bits per heavy atom.